The van der Waals surface area contributed by atoms with E-state index in [2.05, 4.69) is 0 Å². The van der Waals surface area contributed by atoms with E-state index in [-0.39, 0.29) is 17.5 Å². The number of nitrogens with zero attached hydrogens (tertiary/aromatic N) is 1. The molecule has 1 fully saturated rings. The minimum atomic E-state index is -2.89. The molecule has 0 radical (unpaired) electrons. The van der Waals surface area contributed by atoms with Gasteiger partial charge in [-0.2, -0.15) is 0 Å². The van der Waals surface area contributed by atoms with Crippen molar-refractivity contribution in [1.29, 1.82) is 0 Å². The van der Waals surface area contributed by atoms with Gasteiger partial charge < -0.3 is 4.90 Å². The van der Waals surface area contributed by atoms with Crippen LogP contribution in [-0.2, 0) is 14.6 Å². The maximum Gasteiger partial charge on any atom is 0.209 e. The van der Waals surface area contributed by atoms with Gasteiger partial charge in [0.05, 0.1) is 11.5 Å². The van der Waals surface area contributed by atoms with Gasteiger partial charge in [-0.25, -0.2) is 8.42 Å². The molecule has 0 aliphatic carbocycles. The standard InChI is InChI=1S/C9H17NO3S/c1-8(2)5-10(7-11)9-3-4-14(12,13)6-9/h7-9H,3-6H2,1-2H3. The van der Waals surface area contributed by atoms with Gasteiger partial charge in [-0.05, 0) is 12.3 Å². The second kappa shape index (κ2) is 4.29. The van der Waals surface area contributed by atoms with E-state index in [0.717, 1.165) is 6.41 Å². The van der Waals surface area contributed by atoms with Crippen LogP contribution in [0.5, 0.6) is 0 Å². The summed E-state index contributed by atoms with van der Waals surface area (Å²) in [7, 11) is -2.89. The van der Waals surface area contributed by atoms with Crippen molar-refractivity contribution in [2.45, 2.75) is 26.3 Å². The van der Waals surface area contributed by atoms with Crippen molar-refractivity contribution in [3.63, 3.8) is 0 Å². The summed E-state index contributed by atoms with van der Waals surface area (Å²) in [6.07, 6.45) is 1.36. The van der Waals surface area contributed by atoms with Gasteiger partial charge in [0, 0.05) is 12.6 Å². The third-order valence-corrected chi connectivity index (χ3v) is 4.14. The van der Waals surface area contributed by atoms with E-state index in [1.54, 1.807) is 4.90 Å². The van der Waals surface area contributed by atoms with Crippen LogP contribution in [-0.4, -0.2) is 43.8 Å². The number of carbonyl (C=O) groups is 1. The van der Waals surface area contributed by atoms with E-state index in [0.29, 0.717) is 18.9 Å². The first-order valence-electron chi connectivity index (χ1n) is 4.86. The largest absolute Gasteiger partial charge is 0.341 e. The van der Waals surface area contributed by atoms with Crippen molar-refractivity contribution in [3.05, 3.63) is 0 Å². The Labute approximate surface area is 85.2 Å². The lowest BCUT2D eigenvalue weighted by Gasteiger charge is -2.25. The first-order chi connectivity index (χ1) is 6.44. The predicted molar refractivity (Wildman–Crippen MR) is 54.7 cm³/mol. The Morgan fingerprint density at radius 3 is 2.50 bits per heavy atom. The lowest BCUT2D eigenvalue weighted by atomic mass is 10.1. The van der Waals surface area contributed by atoms with Crippen molar-refractivity contribution >= 4 is 16.2 Å². The van der Waals surface area contributed by atoms with Crippen LogP contribution in [0.1, 0.15) is 20.3 Å². The van der Waals surface area contributed by atoms with Crippen LogP contribution in [0.4, 0.5) is 0 Å². The molecule has 1 aliphatic heterocycles. The van der Waals surface area contributed by atoms with Gasteiger partial charge >= 0.3 is 0 Å². The van der Waals surface area contributed by atoms with Crippen LogP contribution in [0.25, 0.3) is 0 Å². The third kappa shape index (κ3) is 2.97. The van der Waals surface area contributed by atoms with Crippen molar-refractivity contribution < 1.29 is 13.2 Å². The monoisotopic (exact) mass is 219 g/mol. The van der Waals surface area contributed by atoms with Crippen LogP contribution < -0.4 is 0 Å². The molecule has 0 saturated carbocycles. The fraction of sp³-hybridized carbons (Fsp3) is 0.889. The Kier molecular flexibility index (Phi) is 3.53. The minimum absolute atomic E-state index is 0.0973. The van der Waals surface area contributed by atoms with Crippen LogP contribution in [0.3, 0.4) is 0 Å². The van der Waals surface area contributed by atoms with Crippen LogP contribution in [0.15, 0.2) is 0 Å². The summed E-state index contributed by atoms with van der Waals surface area (Å²) in [6, 6.07) is -0.0973. The molecular formula is C9H17NO3S. The molecular weight excluding hydrogens is 202 g/mol. The molecule has 0 bridgehead atoms. The zero-order valence-electron chi connectivity index (χ0n) is 8.64. The summed E-state index contributed by atoms with van der Waals surface area (Å²) >= 11 is 0. The average molecular weight is 219 g/mol. The highest BCUT2D eigenvalue weighted by Gasteiger charge is 2.31. The Balaban J connectivity index is 2.59. The maximum absolute atomic E-state index is 11.2. The van der Waals surface area contributed by atoms with Gasteiger partial charge in [0.2, 0.25) is 6.41 Å². The van der Waals surface area contributed by atoms with E-state index < -0.39 is 9.84 Å². The lowest BCUT2D eigenvalue weighted by molar-refractivity contribution is -0.120. The number of carbonyl (C=O) groups excluding carboxylic acids is 1. The van der Waals surface area contributed by atoms with Crippen LogP contribution >= 0.6 is 0 Å². The number of rotatable bonds is 4. The molecule has 1 rings (SSSR count). The fourth-order valence-electron chi connectivity index (χ4n) is 1.74. The zero-order valence-corrected chi connectivity index (χ0v) is 9.46. The summed E-state index contributed by atoms with van der Waals surface area (Å²) in [4.78, 5) is 12.4. The molecule has 0 aromatic rings. The fourth-order valence-corrected chi connectivity index (χ4v) is 3.48. The van der Waals surface area contributed by atoms with E-state index in [1.807, 2.05) is 13.8 Å². The Morgan fingerprint density at radius 1 is 1.50 bits per heavy atom. The molecule has 0 spiro atoms. The molecule has 14 heavy (non-hydrogen) atoms. The van der Waals surface area contributed by atoms with Crippen LogP contribution in [0, 0.1) is 5.92 Å². The molecule has 1 aliphatic rings. The molecule has 0 N–H and O–H groups in total. The predicted octanol–water partition coefficient (Wildman–Crippen LogP) is 0.288. The second-order valence-corrected chi connectivity index (χ2v) is 6.48. The molecule has 1 atom stereocenters. The molecule has 0 aromatic heterocycles. The number of hydrogen-bond donors (Lipinski definition) is 0. The van der Waals surface area contributed by atoms with E-state index in [9.17, 15) is 13.2 Å². The first-order valence-corrected chi connectivity index (χ1v) is 6.68. The number of amides is 1. The molecule has 1 heterocycles. The zero-order chi connectivity index (χ0) is 10.8. The summed E-state index contributed by atoms with van der Waals surface area (Å²) in [6.45, 7) is 4.67. The smallest absolute Gasteiger partial charge is 0.209 e. The minimum Gasteiger partial charge on any atom is -0.341 e. The summed E-state index contributed by atoms with van der Waals surface area (Å²) in [5.41, 5.74) is 0. The van der Waals surface area contributed by atoms with Gasteiger partial charge in [0.15, 0.2) is 9.84 Å². The van der Waals surface area contributed by atoms with Crippen LogP contribution in [0.2, 0.25) is 0 Å². The molecule has 82 valence electrons. The molecule has 5 heteroatoms. The average Bonchev–Trinajstić information content (AvgIpc) is 2.41. The highest BCUT2D eigenvalue weighted by molar-refractivity contribution is 7.91. The Bertz CT molecular complexity index is 297. The summed E-state index contributed by atoms with van der Waals surface area (Å²) in [5.74, 6) is 0.738. The third-order valence-electron chi connectivity index (χ3n) is 2.39. The van der Waals surface area contributed by atoms with Gasteiger partial charge in [0.1, 0.15) is 0 Å². The SMILES string of the molecule is CC(C)CN(C=O)C1CCS(=O)(=O)C1. The van der Waals surface area contributed by atoms with Gasteiger partial charge in [-0.15, -0.1) is 0 Å². The summed E-state index contributed by atoms with van der Waals surface area (Å²) in [5, 5.41) is 0. The molecule has 4 nitrogen and oxygen atoms in total. The Hall–Kier alpha value is -0.580. The highest BCUT2D eigenvalue weighted by atomic mass is 32.2. The van der Waals surface area contributed by atoms with E-state index >= 15 is 0 Å². The topological polar surface area (TPSA) is 54.5 Å². The van der Waals surface area contributed by atoms with Gasteiger partial charge in [-0.1, -0.05) is 13.8 Å². The van der Waals surface area contributed by atoms with Crippen molar-refractivity contribution in [2.75, 3.05) is 18.1 Å². The van der Waals surface area contributed by atoms with E-state index in [4.69, 9.17) is 0 Å². The van der Waals surface area contributed by atoms with Crippen molar-refractivity contribution in [3.8, 4) is 0 Å². The molecule has 1 amide bonds. The quantitative estimate of drug-likeness (QED) is 0.638. The maximum atomic E-state index is 11.2. The van der Waals surface area contributed by atoms with Gasteiger partial charge in [0.25, 0.3) is 0 Å². The second-order valence-electron chi connectivity index (χ2n) is 4.25. The van der Waals surface area contributed by atoms with Crippen molar-refractivity contribution in [2.24, 2.45) is 5.92 Å². The highest BCUT2D eigenvalue weighted by Crippen LogP contribution is 2.17. The summed E-state index contributed by atoms with van der Waals surface area (Å²) < 4.78 is 22.4. The number of sulfone groups is 1. The molecule has 1 saturated heterocycles. The molecule has 0 aromatic carbocycles. The van der Waals surface area contributed by atoms with Gasteiger partial charge in [-0.3, -0.25) is 4.79 Å². The van der Waals surface area contributed by atoms with E-state index in [1.165, 1.54) is 0 Å². The number of hydrogen-bond acceptors (Lipinski definition) is 3. The molecule has 1 unspecified atom stereocenters. The van der Waals surface area contributed by atoms with Crippen molar-refractivity contribution in [1.82, 2.24) is 4.90 Å². The normalized spacial score (nSPS) is 25.2. The first kappa shape index (κ1) is 11.5. The Morgan fingerprint density at radius 2 is 2.14 bits per heavy atom. The lowest BCUT2D eigenvalue weighted by Crippen LogP contribution is -2.37.